The molecule has 0 amide bonds. The van der Waals surface area contributed by atoms with E-state index >= 15 is 0 Å². The molecular formula is C26H31N. The van der Waals surface area contributed by atoms with Gasteiger partial charge in [0.1, 0.15) is 0 Å². The van der Waals surface area contributed by atoms with Crippen LogP contribution < -0.4 is 10.4 Å². The molecule has 0 atom stereocenters. The quantitative estimate of drug-likeness (QED) is 0.448. The molecular weight excluding hydrogens is 326 g/mol. The smallest absolute Gasteiger partial charge is 0.0668 e. The Hall–Kier alpha value is -2.67. The van der Waals surface area contributed by atoms with Crippen molar-refractivity contribution >= 4 is 22.8 Å². The molecule has 0 aliphatic rings. The molecule has 140 valence electrons. The van der Waals surface area contributed by atoms with Crippen molar-refractivity contribution in [3.05, 3.63) is 89.1 Å². The number of rotatable bonds is 7. The molecule has 0 bridgehead atoms. The van der Waals surface area contributed by atoms with Gasteiger partial charge in [-0.05, 0) is 78.1 Å². The number of pyridine rings is 1. The number of unbranched alkanes of at least 4 members (excludes halogenated alkanes) is 2. The molecule has 2 aromatic rings. The third kappa shape index (κ3) is 5.17. The van der Waals surface area contributed by atoms with Crippen LogP contribution in [-0.4, -0.2) is 4.98 Å². The maximum atomic E-state index is 4.68. The normalized spacial score (nSPS) is 13.9. The first kappa shape index (κ1) is 20.6. The summed E-state index contributed by atoms with van der Waals surface area (Å²) in [7, 11) is 0. The Morgan fingerprint density at radius 2 is 1.85 bits per heavy atom. The molecule has 0 saturated heterocycles. The fraction of sp³-hybridized carbons (Fsp3) is 0.269. The van der Waals surface area contributed by atoms with E-state index in [0.29, 0.717) is 0 Å². The molecule has 0 saturated carbocycles. The second-order valence-electron chi connectivity index (χ2n) is 6.94. The summed E-state index contributed by atoms with van der Waals surface area (Å²) in [4.78, 5) is 4.68. The molecule has 0 aliphatic carbocycles. The molecule has 0 N–H and O–H groups in total. The second kappa shape index (κ2) is 9.87. The number of aryl methyl sites for hydroxylation is 1. The molecule has 0 radical (unpaired) electrons. The molecule has 1 nitrogen and oxygen atoms in total. The van der Waals surface area contributed by atoms with Crippen molar-refractivity contribution in [3.8, 4) is 0 Å². The third-order valence-electron chi connectivity index (χ3n) is 4.90. The summed E-state index contributed by atoms with van der Waals surface area (Å²) in [5.74, 6) is 0. The van der Waals surface area contributed by atoms with Crippen LogP contribution in [-0.2, 0) is 0 Å². The number of allylic oxidation sites excluding steroid dienone is 4. The summed E-state index contributed by atoms with van der Waals surface area (Å²) < 4.78 is 0. The largest absolute Gasteiger partial charge is 0.253 e. The summed E-state index contributed by atoms with van der Waals surface area (Å²) in [6.07, 6.45) is 9.70. The van der Waals surface area contributed by atoms with Crippen LogP contribution in [0.3, 0.4) is 0 Å². The predicted octanol–water partition coefficient (Wildman–Crippen LogP) is 5.83. The SMILES string of the molecule is C=C/C(=C(\C)c1cccc(C)n1)c1ccc(=C(\C)C=C)/c(=C\CCCC)c1. The highest BCUT2D eigenvalue weighted by Crippen LogP contribution is 2.25. The summed E-state index contributed by atoms with van der Waals surface area (Å²) in [5.41, 5.74) is 6.67. The number of aromatic nitrogens is 1. The Bertz CT molecular complexity index is 974. The zero-order valence-corrected chi connectivity index (χ0v) is 17.2. The van der Waals surface area contributed by atoms with E-state index in [9.17, 15) is 0 Å². The van der Waals surface area contributed by atoms with Gasteiger partial charge in [0.15, 0.2) is 0 Å². The molecule has 1 aromatic heterocycles. The zero-order valence-electron chi connectivity index (χ0n) is 17.2. The first-order chi connectivity index (χ1) is 13.0. The lowest BCUT2D eigenvalue weighted by atomic mass is 9.96. The van der Waals surface area contributed by atoms with Gasteiger partial charge in [-0.15, -0.1) is 0 Å². The Labute approximate surface area is 164 Å². The van der Waals surface area contributed by atoms with Gasteiger partial charge in [0, 0.05) is 5.69 Å². The van der Waals surface area contributed by atoms with Crippen LogP contribution in [0, 0.1) is 6.92 Å². The minimum atomic E-state index is 0.999. The highest BCUT2D eigenvalue weighted by Gasteiger charge is 2.07. The molecule has 0 spiro atoms. The number of hydrogen-bond donors (Lipinski definition) is 0. The highest BCUT2D eigenvalue weighted by atomic mass is 14.7. The van der Waals surface area contributed by atoms with E-state index in [4.69, 9.17) is 0 Å². The lowest BCUT2D eigenvalue weighted by molar-refractivity contribution is 0.833. The van der Waals surface area contributed by atoms with E-state index in [1.54, 1.807) is 0 Å². The fourth-order valence-electron chi connectivity index (χ4n) is 3.21. The topological polar surface area (TPSA) is 12.9 Å². The molecule has 0 unspecified atom stereocenters. The van der Waals surface area contributed by atoms with E-state index in [0.717, 1.165) is 29.0 Å². The van der Waals surface area contributed by atoms with Gasteiger partial charge in [-0.1, -0.05) is 69.4 Å². The highest BCUT2D eigenvalue weighted by molar-refractivity contribution is 5.93. The average Bonchev–Trinajstić information content (AvgIpc) is 2.68. The monoisotopic (exact) mass is 357 g/mol. The molecule has 27 heavy (non-hydrogen) atoms. The number of hydrogen-bond acceptors (Lipinski definition) is 1. The van der Waals surface area contributed by atoms with Crippen LogP contribution in [0.2, 0.25) is 0 Å². The van der Waals surface area contributed by atoms with Crippen LogP contribution in [0.15, 0.2) is 61.7 Å². The van der Waals surface area contributed by atoms with Gasteiger partial charge in [-0.3, -0.25) is 4.98 Å². The second-order valence-corrected chi connectivity index (χ2v) is 6.94. The minimum Gasteiger partial charge on any atom is -0.253 e. The van der Waals surface area contributed by atoms with Crippen LogP contribution in [0.1, 0.15) is 57.0 Å². The standard InChI is InChI=1S/C26H31N/c1-7-10-11-14-22-18-23(16-17-25(22)19(4)8-2)24(9-3)21(6)26-15-12-13-20(5)27-26/h8-9,12-18H,2-3,7,10-11H2,1,4-6H3/b22-14-,24-21-,25-19-. The molecule has 2 rings (SSSR count). The lowest BCUT2D eigenvalue weighted by Gasteiger charge is -2.10. The van der Waals surface area contributed by atoms with Gasteiger partial charge in [0.05, 0.1) is 5.69 Å². The molecule has 1 heteroatoms. The van der Waals surface area contributed by atoms with E-state index in [-0.39, 0.29) is 0 Å². The van der Waals surface area contributed by atoms with E-state index in [1.807, 2.05) is 25.1 Å². The zero-order chi connectivity index (χ0) is 19.8. The van der Waals surface area contributed by atoms with Crippen molar-refractivity contribution in [3.63, 3.8) is 0 Å². The van der Waals surface area contributed by atoms with Crippen LogP contribution in [0.25, 0.3) is 22.8 Å². The first-order valence-corrected chi connectivity index (χ1v) is 9.73. The number of benzene rings is 1. The minimum absolute atomic E-state index is 0.999. The Balaban J connectivity index is 2.68. The van der Waals surface area contributed by atoms with Crippen molar-refractivity contribution in [2.45, 2.75) is 47.0 Å². The van der Waals surface area contributed by atoms with Crippen LogP contribution in [0.5, 0.6) is 0 Å². The van der Waals surface area contributed by atoms with E-state index in [2.05, 4.69) is 75.3 Å². The Morgan fingerprint density at radius 1 is 1.07 bits per heavy atom. The molecule has 1 aromatic carbocycles. The van der Waals surface area contributed by atoms with Crippen molar-refractivity contribution in [1.29, 1.82) is 0 Å². The third-order valence-corrected chi connectivity index (χ3v) is 4.90. The van der Waals surface area contributed by atoms with Crippen molar-refractivity contribution < 1.29 is 0 Å². The first-order valence-electron chi connectivity index (χ1n) is 9.73. The van der Waals surface area contributed by atoms with Crippen molar-refractivity contribution in [2.24, 2.45) is 0 Å². The predicted molar refractivity (Wildman–Crippen MR) is 121 cm³/mol. The Kier molecular flexibility index (Phi) is 7.55. The Morgan fingerprint density at radius 3 is 2.48 bits per heavy atom. The van der Waals surface area contributed by atoms with Gasteiger partial charge in [0.25, 0.3) is 0 Å². The molecule has 1 heterocycles. The summed E-state index contributed by atoms with van der Waals surface area (Å²) in [6.45, 7) is 16.5. The van der Waals surface area contributed by atoms with Gasteiger partial charge in [0.2, 0.25) is 0 Å². The summed E-state index contributed by atoms with van der Waals surface area (Å²) >= 11 is 0. The summed E-state index contributed by atoms with van der Waals surface area (Å²) in [6, 6.07) is 12.8. The van der Waals surface area contributed by atoms with E-state index in [1.165, 1.54) is 34.4 Å². The average molecular weight is 358 g/mol. The van der Waals surface area contributed by atoms with Gasteiger partial charge >= 0.3 is 0 Å². The summed E-state index contributed by atoms with van der Waals surface area (Å²) in [5, 5.41) is 2.52. The van der Waals surface area contributed by atoms with Crippen molar-refractivity contribution in [2.75, 3.05) is 0 Å². The fourth-order valence-corrected chi connectivity index (χ4v) is 3.21. The maximum absolute atomic E-state index is 4.68. The number of nitrogens with zero attached hydrogens (tertiary/aromatic N) is 1. The van der Waals surface area contributed by atoms with Crippen molar-refractivity contribution in [1.82, 2.24) is 4.98 Å². The lowest BCUT2D eigenvalue weighted by Crippen LogP contribution is -2.26. The maximum Gasteiger partial charge on any atom is 0.0668 e. The molecule has 0 aliphatic heterocycles. The van der Waals surface area contributed by atoms with Gasteiger partial charge in [-0.2, -0.15) is 0 Å². The van der Waals surface area contributed by atoms with Crippen LogP contribution >= 0.6 is 0 Å². The van der Waals surface area contributed by atoms with Gasteiger partial charge in [-0.25, -0.2) is 0 Å². The van der Waals surface area contributed by atoms with Crippen LogP contribution in [0.4, 0.5) is 0 Å². The molecule has 0 fully saturated rings. The van der Waals surface area contributed by atoms with E-state index < -0.39 is 0 Å². The van der Waals surface area contributed by atoms with Gasteiger partial charge < -0.3 is 0 Å².